The first-order valence-corrected chi connectivity index (χ1v) is 9.88. The largest absolute Gasteiger partial charge is 0.483 e. The standard InChI is InChI=1S/C23H20BrNO2/c24-20-15-19(17-7-2-1-3-8-17)12-13-22(20)27-16-23(26)25-14-6-10-18-9-4-5-11-21(18)25/h1-5,7-9,11-13,15H,6,10,14,16H2. The van der Waals surface area contributed by atoms with Crippen molar-refractivity contribution in [1.82, 2.24) is 0 Å². The van der Waals surface area contributed by atoms with E-state index >= 15 is 0 Å². The molecule has 0 aliphatic carbocycles. The molecular weight excluding hydrogens is 402 g/mol. The first kappa shape index (κ1) is 17.8. The maximum atomic E-state index is 12.7. The Labute approximate surface area is 167 Å². The van der Waals surface area contributed by atoms with Gasteiger partial charge in [0, 0.05) is 12.2 Å². The minimum atomic E-state index is -0.0128. The number of hydrogen-bond acceptors (Lipinski definition) is 2. The molecule has 1 aliphatic rings. The van der Waals surface area contributed by atoms with E-state index in [1.54, 1.807) is 0 Å². The molecule has 4 heteroatoms. The molecule has 0 fully saturated rings. The van der Waals surface area contributed by atoms with Crippen LogP contribution in [0.1, 0.15) is 12.0 Å². The van der Waals surface area contributed by atoms with E-state index in [9.17, 15) is 4.79 Å². The molecule has 3 aromatic carbocycles. The molecular formula is C23H20BrNO2. The van der Waals surface area contributed by atoms with Gasteiger partial charge in [0.15, 0.2) is 6.61 Å². The number of anilines is 1. The fourth-order valence-electron chi connectivity index (χ4n) is 3.44. The van der Waals surface area contributed by atoms with E-state index in [4.69, 9.17) is 4.74 Å². The van der Waals surface area contributed by atoms with Gasteiger partial charge in [-0.3, -0.25) is 4.79 Å². The first-order chi connectivity index (χ1) is 13.2. The second kappa shape index (κ2) is 7.97. The van der Waals surface area contributed by atoms with Crippen LogP contribution in [0.15, 0.2) is 77.3 Å². The third-order valence-electron chi connectivity index (χ3n) is 4.80. The molecule has 27 heavy (non-hydrogen) atoms. The van der Waals surface area contributed by atoms with Crippen LogP contribution in [0.2, 0.25) is 0 Å². The number of benzene rings is 3. The minimum absolute atomic E-state index is 0.0128. The summed E-state index contributed by atoms with van der Waals surface area (Å²) in [6.45, 7) is 0.769. The second-order valence-corrected chi connectivity index (χ2v) is 7.43. The number of hydrogen-bond donors (Lipinski definition) is 0. The normalized spacial score (nSPS) is 13.1. The molecule has 0 radical (unpaired) electrons. The molecule has 4 rings (SSSR count). The molecule has 0 aromatic heterocycles. The van der Waals surface area contributed by atoms with Gasteiger partial charge in [-0.2, -0.15) is 0 Å². The minimum Gasteiger partial charge on any atom is -0.483 e. The van der Waals surface area contributed by atoms with Crippen LogP contribution in [0.25, 0.3) is 11.1 Å². The van der Waals surface area contributed by atoms with Gasteiger partial charge in [-0.05, 0) is 63.7 Å². The highest BCUT2D eigenvalue weighted by Crippen LogP contribution is 2.31. The predicted molar refractivity (Wildman–Crippen MR) is 112 cm³/mol. The quantitative estimate of drug-likeness (QED) is 0.558. The van der Waals surface area contributed by atoms with E-state index < -0.39 is 0 Å². The van der Waals surface area contributed by atoms with Gasteiger partial charge in [0.05, 0.1) is 4.47 Å². The van der Waals surface area contributed by atoms with Crippen molar-refractivity contribution >= 4 is 27.5 Å². The van der Waals surface area contributed by atoms with Crippen LogP contribution in [-0.2, 0) is 11.2 Å². The van der Waals surface area contributed by atoms with Gasteiger partial charge in [0.25, 0.3) is 5.91 Å². The summed E-state index contributed by atoms with van der Waals surface area (Å²) in [5, 5.41) is 0. The SMILES string of the molecule is O=C(COc1ccc(-c2ccccc2)cc1Br)N1CCCc2ccccc21. The molecule has 1 heterocycles. The molecule has 0 atom stereocenters. The molecule has 0 unspecified atom stereocenters. The van der Waals surface area contributed by atoms with Gasteiger partial charge >= 0.3 is 0 Å². The second-order valence-electron chi connectivity index (χ2n) is 6.58. The molecule has 1 amide bonds. The van der Waals surface area contributed by atoms with E-state index in [1.165, 1.54) is 5.56 Å². The molecule has 0 saturated carbocycles. The van der Waals surface area contributed by atoms with Gasteiger partial charge in [-0.1, -0.05) is 54.6 Å². The lowest BCUT2D eigenvalue weighted by Gasteiger charge is -2.29. The fourth-order valence-corrected chi connectivity index (χ4v) is 3.93. The van der Waals surface area contributed by atoms with Gasteiger partial charge in [-0.25, -0.2) is 0 Å². The monoisotopic (exact) mass is 421 g/mol. The Hall–Kier alpha value is -2.59. The maximum absolute atomic E-state index is 12.7. The fraction of sp³-hybridized carbons (Fsp3) is 0.174. The number of nitrogens with zero attached hydrogens (tertiary/aromatic N) is 1. The number of amides is 1. The van der Waals surface area contributed by atoms with Crippen molar-refractivity contribution in [3.05, 3.63) is 82.8 Å². The Bertz CT molecular complexity index is 956. The van der Waals surface area contributed by atoms with Crippen LogP contribution >= 0.6 is 15.9 Å². The highest BCUT2D eigenvalue weighted by Gasteiger charge is 2.22. The average molecular weight is 422 g/mol. The molecule has 0 bridgehead atoms. The summed E-state index contributed by atoms with van der Waals surface area (Å²) in [6.07, 6.45) is 2.01. The van der Waals surface area contributed by atoms with Crippen molar-refractivity contribution in [2.24, 2.45) is 0 Å². The summed E-state index contributed by atoms with van der Waals surface area (Å²) in [6, 6.07) is 24.2. The number of aryl methyl sites for hydroxylation is 1. The Morgan fingerprint density at radius 3 is 2.56 bits per heavy atom. The Morgan fingerprint density at radius 1 is 0.963 bits per heavy atom. The third-order valence-corrected chi connectivity index (χ3v) is 5.42. The van der Waals surface area contributed by atoms with Crippen LogP contribution in [0.5, 0.6) is 5.75 Å². The van der Waals surface area contributed by atoms with Crippen LogP contribution in [0.4, 0.5) is 5.69 Å². The maximum Gasteiger partial charge on any atom is 0.264 e. The third kappa shape index (κ3) is 3.91. The summed E-state index contributed by atoms with van der Waals surface area (Å²) in [5.41, 5.74) is 4.48. The van der Waals surface area contributed by atoms with Crippen LogP contribution in [0, 0.1) is 0 Å². The molecule has 1 aliphatic heterocycles. The Balaban J connectivity index is 1.46. The first-order valence-electron chi connectivity index (χ1n) is 9.08. The van der Waals surface area contributed by atoms with Gasteiger partial charge in [0.1, 0.15) is 5.75 Å². The van der Waals surface area contributed by atoms with E-state index in [2.05, 4.69) is 34.1 Å². The van der Waals surface area contributed by atoms with E-state index in [0.717, 1.165) is 40.7 Å². The summed E-state index contributed by atoms with van der Waals surface area (Å²) < 4.78 is 6.66. The number of rotatable bonds is 4. The molecule has 3 aromatic rings. The highest BCUT2D eigenvalue weighted by atomic mass is 79.9. The van der Waals surface area contributed by atoms with Crippen molar-refractivity contribution in [3.63, 3.8) is 0 Å². The van der Waals surface area contributed by atoms with E-state index in [0.29, 0.717) is 5.75 Å². The summed E-state index contributed by atoms with van der Waals surface area (Å²) in [5.74, 6) is 0.662. The summed E-state index contributed by atoms with van der Waals surface area (Å²) in [4.78, 5) is 14.6. The number of fused-ring (bicyclic) bond motifs is 1. The van der Waals surface area contributed by atoms with Gasteiger partial charge < -0.3 is 9.64 Å². The lowest BCUT2D eigenvalue weighted by atomic mass is 10.0. The van der Waals surface area contributed by atoms with Crippen molar-refractivity contribution in [1.29, 1.82) is 0 Å². The Kier molecular flexibility index (Phi) is 5.26. The zero-order chi connectivity index (χ0) is 18.6. The number of halogens is 1. The number of para-hydroxylation sites is 1. The molecule has 0 spiro atoms. The zero-order valence-electron chi connectivity index (χ0n) is 14.9. The summed E-state index contributed by atoms with van der Waals surface area (Å²) in [7, 11) is 0. The topological polar surface area (TPSA) is 29.5 Å². The van der Waals surface area contributed by atoms with Crippen LogP contribution in [0.3, 0.4) is 0 Å². The van der Waals surface area contributed by atoms with E-state index in [1.807, 2.05) is 59.5 Å². The van der Waals surface area contributed by atoms with Crippen molar-refractivity contribution in [2.45, 2.75) is 12.8 Å². The van der Waals surface area contributed by atoms with Gasteiger partial charge in [-0.15, -0.1) is 0 Å². The van der Waals surface area contributed by atoms with Crippen LogP contribution in [-0.4, -0.2) is 19.1 Å². The van der Waals surface area contributed by atoms with Crippen molar-refractivity contribution in [2.75, 3.05) is 18.1 Å². The molecule has 136 valence electrons. The number of ether oxygens (including phenoxy) is 1. The molecule has 0 saturated heterocycles. The van der Waals surface area contributed by atoms with E-state index in [-0.39, 0.29) is 12.5 Å². The van der Waals surface area contributed by atoms with Crippen molar-refractivity contribution in [3.8, 4) is 16.9 Å². The zero-order valence-corrected chi connectivity index (χ0v) is 16.5. The smallest absolute Gasteiger partial charge is 0.264 e. The van der Waals surface area contributed by atoms with Crippen LogP contribution < -0.4 is 9.64 Å². The highest BCUT2D eigenvalue weighted by molar-refractivity contribution is 9.10. The lowest BCUT2D eigenvalue weighted by Crippen LogP contribution is -2.38. The Morgan fingerprint density at radius 2 is 1.74 bits per heavy atom. The van der Waals surface area contributed by atoms with Gasteiger partial charge in [0.2, 0.25) is 0 Å². The summed E-state index contributed by atoms with van der Waals surface area (Å²) >= 11 is 3.57. The molecule has 3 nitrogen and oxygen atoms in total. The number of carbonyl (C=O) groups excluding carboxylic acids is 1. The number of carbonyl (C=O) groups is 1. The predicted octanol–water partition coefficient (Wildman–Crippen LogP) is 5.47. The van der Waals surface area contributed by atoms with Crippen molar-refractivity contribution < 1.29 is 9.53 Å². The molecule has 0 N–H and O–H groups in total. The lowest BCUT2D eigenvalue weighted by molar-refractivity contribution is -0.120. The average Bonchev–Trinajstić information content (AvgIpc) is 2.73.